The third-order valence-corrected chi connectivity index (χ3v) is 4.12. The summed E-state index contributed by atoms with van der Waals surface area (Å²) in [6.07, 6.45) is 4.34. The molecule has 1 N–H and O–H groups in total. The summed E-state index contributed by atoms with van der Waals surface area (Å²) >= 11 is 0. The predicted molar refractivity (Wildman–Crippen MR) is 60.1 cm³/mol. The van der Waals surface area contributed by atoms with Crippen molar-refractivity contribution < 1.29 is 9.53 Å². The highest BCUT2D eigenvalue weighted by Crippen LogP contribution is 2.26. The van der Waals surface area contributed by atoms with Gasteiger partial charge in [-0.25, -0.2) is 0 Å². The standard InChI is InChI=1S/C12H20N2O2/c15-12(11-4-2-6-16-11)14-7-9-3-1-5-13-10(9)8-14/h9-11,13H,1-8H2/t9-,10+,11-/m0/s1. The van der Waals surface area contributed by atoms with E-state index in [9.17, 15) is 4.79 Å². The zero-order valence-corrected chi connectivity index (χ0v) is 9.65. The number of fused-ring (bicyclic) bond motifs is 1. The second-order valence-corrected chi connectivity index (χ2v) is 5.21. The van der Waals surface area contributed by atoms with E-state index in [1.54, 1.807) is 0 Å². The smallest absolute Gasteiger partial charge is 0.251 e. The summed E-state index contributed by atoms with van der Waals surface area (Å²) < 4.78 is 5.47. The van der Waals surface area contributed by atoms with Gasteiger partial charge in [0, 0.05) is 25.7 Å². The maximum atomic E-state index is 12.2. The van der Waals surface area contributed by atoms with E-state index in [-0.39, 0.29) is 12.0 Å². The first-order chi connectivity index (χ1) is 7.84. The van der Waals surface area contributed by atoms with Crippen molar-refractivity contribution >= 4 is 5.91 Å². The molecular formula is C12H20N2O2. The minimum Gasteiger partial charge on any atom is -0.368 e. The second kappa shape index (κ2) is 4.34. The molecule has 4 nitrogen and oxygen atoms in total. The van der Waals surface area contributed by atoms with Crippen LogP contribution in [0.1, 0.15) is 25.7 Å². The van der Waals surface area contributed by atoms with Crippen molar-refractivity contribution in [2.75, 3.05) is 26.2 Å². The van der Waals surface area contributed by atoms with Crippen molar-refractivity contribution in [1.29, 1.82) is 0 Å². The second-order valence-electron chi connectivity index (χ2n) is 5.21. The number of ether oxygens (including phenoxy) is 1. The van der Waals surface area contributed by atoms with Crippen molar-refractivity contribution in [3.8, 4) is 0 Å². The largest absolute Gasteiger partial charge is 0.368 e. The molecule has 0 aliphatic carbocycles. The highest BCUT2D eigenvalue weighted by atomic mass is 16.5. The van der Waals surface area contributed by atoms with Crippen molar-refractivity contribution in [3.63, 3.8) is 0 Å². The average Bonchev–Trinajstić information content (AvgIpc) is 2.97. The van der Waals surface area contributed by atoms with E-state index in [4.69, 9.17) is 4.74 Å². The van der Waals surface area contributed by atoms with Gasteiger partial charge in [0.2, 0.25) is 0 Å². The number of hydrogen-bond acceptors (Lipinski definition) is 3. The van der Waals surface area contributed by atoms with Gasteiger partial charge in [0.25, 0.3) is 5.91 Å². The Labute approximate surface area is 96.3 Å². The molecule has 0 unspecified atom stereocenters. The average molecular weight is 224 g/mol. The molecule has 3 saturated heterocycles. The first-order valence-corrected chi connectivity index (χ1v) is 6.48. The molecule has 3 aliphatic heterocycles. The van der Waals surface area contributed by atoms with Crippen molar-refractivity contribution in [2.45, 2.75) is 37.8 Å². The van der Waals surface area contributed by atoms with Crippen LogP contribution in [0, 0.1) is 5.92 Å². The molecule has 0 bridgehead atoms. The van der Waals surface area contributed by atoms with Gasteiger partial charge in [0.05, 0.1) is 0 Å². The Bertz CT molecular complexity index is 262. The van der Waals surface area contributed by atoms with Crippen LogP contribution in [-0.2, 0) is 9.53 Å². The summed E-state index contributed by atoms with van der Waals surface area (Å²) in [7, 11) is 0. The summed E-state index contributed by atoms with van der Waals surface area (Å²) in [6.45, 7) is 3.71. The van der Waals surface area contributed by atoms with E-state index >= 15 is 0 Å². The molecule has 0 spiro atoms. The molecule has 3 heterocycles. The fourth-order valence-electron chi connectivity index (χ4n) is 3.20. The van der Waals surface area contributed by atoms with Crippen LogP contribution in [0.4, 0.5) is 0 Å². The van der Waals surface area contributed by atoms with Crippen LogP contribution in [0.25, 0.3) is 0 Å². The Kier molecular flexibility index (Phi) is 2.86. The van der Waals surface area contributed by atoms with Gasteiger partial charge in [0.15, 0.2) is 0 Å². The van der Waals surface area contributed by atoms with Crippen molar-refractivity contribution in [2.24, 2.45) is 5.92 Å². The van der Waals surface area contributed by atoms with E-state index in [0.717, 1.165) is 39.1 Å². The molecule has 3 aliphatic rings. The zero-order valence-electron chi connectivity index (χ0n) is 9.65. The number of nitrogens with zero attached hydrogens (tertiary/aromatic N) is 1. The molecule has 0 aromatic heterocycles. The summed E-state index contributed by atoms with van der Waals surface area (Å²) in [6, 6.07) is 0.541. The molecule has 90 valence electrons. The summed E-state index contributed by atoms with van der Waals surface area (Å²) in [5, 5.41) is 3.52. The lowest BCUT2D eigenvalue weighted by molar-refractivity contribution is -0.140. The van der Waals surface area contributed by atoms with E-state index in [2.05, 4.69) is 5.32 Å². The van der Waals surface area contributed by atoms with Crippen LogP contribution < -0.4 is 5.32 Å². The zero-order chi connectivity index (χ0) is 11.0. The summed E-state index contributed by atoms with van der Waals surface area (Å²) in [5.74, 6) is 0.910. The molecule has 0 saturated carbocycles. The molecule has 3 atom stereocenters. The lowest BCUT2D eigenvalue weighted by Gasteiger charge is -2.24. The van der Waals surface area contributed by atoms with Crippen LogP contribution in [0.2, 0.25) is 0 Å². The van der Waals surface area contributed by atoms with Gasteiger partial charge in [-0.2, -0.15) is 0 Å². The van der Waals surface area contributed by atoms with Crippen molar-refractivity contribution in [1.82, 2.24) is 10.2 Å². The summed E-state index contributed by atoms with van der Waals surface area (Å²) in [5.41, 5.74) is 0. The molecule has 0 aromatic carbocycles. The molecule has 0 aromatic rings. The number of likely N-dealkylation sites (tertiary alicyclic amines) is 1. The SMILES string of the molecule is O=C([C@@H]1CCCO1)N1C[C@@H]2CCCN[C@@H]2C1. The van der Waals surface area contributed by atoms with Crippen molar-refractivity contribution in [3.05, 3.63) is 0 Å². The number of nitrogens with one attached hydrogen (secondary N) is 1. The Balaban J connectivity index is 1.61. The van der Waals surface area contributed by atoms with Gasteiger partial charge in [-0.15, -0.1) is 0 Å². The number of rotatable bonds is 1. The minimum atomic E-state index is -0.139. The third-order valence-electron chi connectivity index (χ3n) is 4.12. The van der Waals surface area contributed by atoms with Gasteiger partial charge in [-0.05, 0) is 38.1 Å². The van der Waals surface area contributed by atoms with E-state index in [1.165, 1.54) is 12.8 Å². The first kappa shape index (κ1) is 10.5. The Hall–Kier alpha value is -0.610. The van der Waals surface area contributed by atoms with Gasteiger partial charge in [0.1, 0.15) is 6.10 Å². The van der Waals surface area contributed by atoms with Gasteiger partial charge in [-0.1, -0.05) is 0 Å². The Morgan fingerprint density at radius 3 is 2.94 bits per heavy atom. The van der Waals surface area contributed by atoms with Crippen LogP contribution in [-0.4, -0.2) is 49.2 Å². The molecule has 16 heavy (non-hydrogen) atoms. The van der Waals surface area contributed by atoms with Crippen LogP contribution in [0.15, 0.2) is 0 Å². The predicted octanol–water partition coefficient (Wildman–Crippen LogP) is 0.376. The first-order valence-electron chi connectivity index (χ1n) is 6.48. The fraction of sp³-hybridized carbons (Fsp3) is 0.917. The number of hydrogen-bond donors (Lipinski definition) is 1. The summed E-state index contributed by atoms with van der Waals surface area (Å²) in [4.78, 5) is 14.2. The topological polar surface area (TPSA) is 41.6 Å². The van der Waals surface area contributed by atoms with Crippen LogP contribution in [0.3, 0.4) is 0 Å². The monoisotopic (exact) mass is 224 g/mol. The highest BCUT2D eigenvalue weighted by molar-refractivity contribution is 5.81. The maximum absolute atomic E-state index is 12.2. The maximum Gasteiger partial charge on any atom is 0.251 e. The van der Waals surface area contributed by atoms with E-state index in [0.29, 0.717) is 12.0 Å². The molecule has 3 fully saturated rings. The molecule has 1 amide bonds. The van der Waals surface area contributed by atoms with Gasteiger partial charge >= 0.3 is 0 Å². The number of carbonyl (C=O) groups is 1. The number of amides is 1. The Morgan fingerprint density at radius 2 is 2.19 bits per heavy atom. The quantitative estimate of drug-likeness (QED) is 0.700. The van der Waals surface area contributed by atoms with Gasteiger partial charge < -0.3 is 15.0 Å². The van der Waals surface area contributed by atoms with Gasteiger partial charge in [-0.3, -0.25) is 4.79 Å². The van der Waals surface area contributed by atoms with E-state index < -0.39 is 0 Å². The number of carbonyl (C=O) groups excluding carboxylic acids is 1. The lowest BCUT2D eigenvalue weighted by atomic mass is 9.94. The van der Waals surface area contributed by atoms with Crippen LogP contribution >= 0.6 is 0 Å². The molecule has 3 rings (SSSR count). The molecular weight excluding hydrogens is 204 g/mol. The highest BCUT2D eigenvalue weighted by Gasteiger charge is 2.39. The lowest BCUT2D eigenvalue weighted by Crippen LogP contribution is -2.42. The molecule has 0 radical (unpaired) electrons. The molecule has 4 heteroatoms. The van der Waals surface area contributed by atoms with E-state index in [1.807, 2.05) is 4.90 Å². The fourth-order valence-corrected chi connectivity index (χ4v) is 3.20. The Morgan fingerprint density at radius 1 is 1.25 bits per heavy atom. The van der Waals surface area contributed by atoms with Crippen LogP contribution in [0.5, 0.6) is 0 Å². The number of piperidine rings is 1. The minimum absolute atomic E-state index is 0.139. The third kappa shape index (κ3) is 1.84. The normalized spacial score (nSPS) is 38.8.